The van der Waals surface area contributed by atoms with Gasteiger partial charge in [0, 0.05) is 13.1 Å². The molecule has 0 spiro atoms. The van der Waals surface area contributed by atoms with Crippen LogP contribution in [0, 0.1) is 0 Å². The van der Waals surface area contributed by atoms with Gasteiger partial charge >= 0.3 is 0 Å². The smallest absolute Gasteiger partial charge is 0.242 e. The molecule has 17 heavy (non-hydrogen) atoms. The van der Waals surface area contributed by atoms with Gasteiger partial charge in [-0.05, 0) is 31.5 Å². The molecule has 1 aromatic carbocycles. The summed E-state index contributed by atoms with van der Waals surface area (Å²) in [7, 11) is 0. The van der Waals surface area contributed by atoms with Crippen LogP contribution in [-0.4, -0.2) is 22.9 Å². The lowest BCUT2D eigenvalue weighted by atomic mass is 10.0. The van der Waals surface area contributed by atoms with Crippen LogP contribution in [0.4, 0.5) is 0 Å². The van der Waals surface area contributed by atoms with E-state index >= 15 is 0 Å². The predicted octanol–water partition coefficient (Wildman–Crippen LogP) is 1.92. The molecule has 0 atom stereocenters. The van der Waals surface area contributed by atoms with Crippen molar-refractivity contribution in [2.75, 3.05) is 6.54 Å². The molecule has 92 valence electrons. The zero-order valence-corrected chi connectivity index (χ0v) is 10.8. The lowest BCUT2D eigenvalue weighted by Crippen LogP contribution is -2.52. The summed E-state index contributed by atoms with van der Waals surface area (Å²) in [5.74, 6) is 0.176. The highest BCUT2D eigenvalue weighted by Crippen LogP contribution is 2.24. The maximum atomic E-state index is 12.4. The molecule has 3 nitrogen and oxygen atoms in total. The lowest BCUT2D eigenvalue weighted by Gasteiger charge is -2.29. The van der Waals surface area contributed by atoms with Crippen LogP contribution in [0.25, 0.3) is 0 Å². The molecule has 0 radical (unpaired) electrons. The van der Waals surface area contributed by atoms with Crippen molar-refractivity contribution in [3.8, 4) is 0 Å². The van der Waals surface area contributed by atoms with Crippen molar-refractivity contribution in [3.05, 3.63) is 35.4 Å². The third kappa shape index (κ3) is 2.34. The van der Waals surface area contributed by atoms with Gasteiger partial charge in [-0.15, -0.1) is 0 Å². The molecule has 1 aromatic rings. The topological polar surface area (TPSA) is 32.3 Å². The number of amides is 1. The molecule has 0 aromatic heterocycles. The van der Waals surface area contributed by atoms with E-state index in [4.69, 9.17) is 0 Å². The third-order valence-electron chi connectivity index (χ3n) is 3.28. The molecule has 1 aliphatic rings. The molecule has 0 aliphatic carbocycles. The predicted molar refractivity (Wildman–Crippen MR) is 68.5 cm³/mol. The monoisotopic (exact) mass is 232 g/mol. The van der Waals surface area contributed by atoms with E-state index in [1.165, 1.54) is 11.1 Å². The Morgan fingerprint density at radius 1 is 1.29 bits per heavy atom. The van der Waals surface area contributed by atoms with Gasteiger partial charge in [-0.3, -0.25) is 4.79 Å². The first-order valence-corrected chi connectivity index (χ1v) is 6.16. The highest BCUT2D eigenvalue weighted by Gasteiger charge is 2.33. The molecular formula is C14H20N2O. The van der Waals surface area contributed by atoms with Gasteiger partial charge < -0.3 is 10.2 Å². The number of carbonyl (C=O) groups excluding carboxylic acids is 1. The number of likely N-dealkylation sites (N-methyl/N-ethyl adjacent to an activating group) is 1. The van der Waals surface area contributed by atoms with Crippen molar-refractivity contribution in [1.29, 1.82) is 0 Å². The average Bonchev–Trinajstić information content (AvgIpc) is 2.71. The van der Waals surface area contributed by atoms with Crippen molar-refractivity contribution < 1.29 is 4.79 Å². The second-order valence-corrected chi connectivity index (χ2v) is 5.09. The first-order valence-electron chi connectivity index (χ1n) is 6.16. The molecule has 3 heteroatoms. The second-order valence-electron chi connectivity index (χ2n) is 5.09. The minimum atomic E-state index is -0.475. The van der Waals surface area contributed by atoms with Crippen molar-refractivity contribution >= 4 is 5.91 Å². The van der Waals surface area contributed by atoms with Gasteiger partial charge in [-0.25, -0.2) is 0 Å². The quantitative estimate of drug-likeness (QED) is 0.863. The fourth-order valence-corrected chi connectivity index (χ4v) is 2.39. The molecule has 0 saturated heterocycles. The van der Waals surface area contributed by atoms with Crippen LogP contribution in [0.3, 0.4) is 0 Å². The van der Waals surface area contributed by atoms with Crippen molar-refractivity contribution in [3.63, 3.8) is 0 Å². The summed E-state index contributed by atoms with van der Waals surface area (Å²) in [5.41, 5.74) is 2.07. The van der Waals surface area contributed by atoms with Crippen molar-refractivity contribution in [2.24, 2.45) is 0 Å². The Kier molecular flexibility index (Phi) is 3.20. The van der Waals surface area contributed by atoms with Gasteiger partial charge in [0.2, 0.25) is 5.91 Å². The summed E-state index contributed by atoms with van der Waals surface area (Å²) in [6, 6.07) is 8.26. The summed E-state index contributed by atoms with van der Waals surface area (Å²) < 4.78 is 0. The fraction of sp³-hybridized carbons (Fsp3) is 0.500. The minimum absolute atomic E-state index is 0.176. The number of carbonyl (C=O) groups is 1. The summed E-state index contributed by atoms with van der Waals surface area (Å²) in [6.07, 6.45) is 0. The van der Waals surface area contributed by atoms with Crippen molar-refractivity contribution in [1.82, 2.24) is 10.2 Å². The van der Waals surface area contributed by atoms with E-state index in [1.807, 2.05) is 37.8 Å². The van der Waals surface area contributed by atoms with Crippen molar-refractivity contribution in [2.45, 2.75) is 39.4 Å². The SMILES string of the molecule is CCNC(C)(C)C(=O)N1Cc2ccccc2C1. The van der Waals surface area contributed by atoms with Crippen LogP contribution in [-0.2, 0) is 17.9 Å². The van der Waals surface area contributed by atoms with E-state index in [1.54, 1.807) is 0 Å². The summed E-state index contributed by atoms with van der Waals surface area (Å²) in [5, 5.41) is 3.23. The first kappa shape index (κ1) is 12.1. The largest absolute Gasteiger partial charge is 0.332 e. The van der Waals surface area contributed by atoms with Gasteiger partial charge in [-0.2, -0.15) is 0 Å². The Bertz CT molecular complexity index is 401. The molecule has 1 heterocycles. The van der Waals surface area contributed by atoms with Crippen LogP contribution in [0.15, 0.2) is 24.3 Å². The Morgan fingerprint density at radius 3 is 2.29 bits per heavy atom. The van der Waals surface area contributed by atoms with Gasteiger partial charge in [0.15, 0.2) is 0 Å². The van der Waals surface area contributed by atoms with E-state index < -0.39 is 5.54 Å². The van der Waals surface area contributed by atoms with E-state index in [0.717, 1.165) is 19.6 Å². The Morgan fingerprint density at radius 2 is 1.82 bits per heavy atom. The number of nitrogens with one attached hydrogen (secondary N) is 1. The Balaban J connectivity index is 2.10. The minimum Gasteiger partial charge on any atom is -0.332 e. The first-order chi connectivity index (χ1) is 8.04. The number of hydrogen-bond donors (Lipinski definition) is 1. The van der Waals surface area contributed by atoms with Crippen LogP contribution >= 0.6 is 0 Å². The zero-order chi connectivity index (χ0) is 12.5. The van der Waals surface area contributed by atoms with Crippen LogP contribution < -0.4 is 5.32 Å². The summed E-state index contributed by atoms with van der Waals surface area (Å²) in [4.78, 5) is 14.3. The molecule has 1 aliphatic heterocycles. The van der Waals surface area contributed by atoms with E-state index in [0.29, 0.717) is 0 Å². The van der Waals surface area contributed by atoms with E-state index in [2.05, 4.69) is 17.4 Å². The molecular weight excluding hydrogens is 212 g/mol. The second kappa shape index (κ2) is 4.49. The molecule has 1 N–H and O–H groups in total. The van der Waals surface area contributed by atoms with Crippen LogP contribution in [0.2, 0.25) is 0 Å². The number of rotatable bonds is 3. The average molecular weight is 232 g/mol. The van der Waals surface area contributed by atoms with E-state index in [9.17, 15) is 4.79 Å². The summed E-state index contributed by atoms with van der Waals surface area (Å²) in [6.45, 7) is 8.20. The maximum Gasteiger partial charge on any atom is 0.242 e. The number of hydrogen-bond acceptors (Lipinski definition) is 2. The Hall–Kier alpha value is -1.35. The highest BCUT2D eigenvalue weighted by atomic mass is 16.2. The van der Waals surface area contributed by atoms with Crippen LogP contribution in [0.1, 0.15) is 31.9 Å². The zero-order valence-electron chi connectivity index (χ0n) is 10.8. The number of nitrogens with zero attached hydrogens (tertiary/aromatic N) is 1. The van der Waals surface area contributed by atoms with E-state index in [-0.39, 0.29) is 5.91 Å². The van der Waals surface area contributed by atoms with Gasteiger partial charge in [0.25, 0.3) is 0 Å². The number of fused-ring (bicyclic) bond motifs is 1. The normalized spacial score (nSPS) is 14.9. The fourth-order valence-electron chi connectivity index (χ4n) is 2.39. The van der Waals surface area contributed by atoms with Crippen LogP contribution in [0.5, 0.6) is 0 Å². The highest BCUT2D eigenvalue weighted by molar-refractivity contribution is 5.86. The molecule has 1 amide bonds. The lowest BCUT2D eigenvalue weighted by molar-refractivity contribution is -0.137. The molecule has 0 fully saturated rings. The summed E-state index contributed by atoms with van der Waals surface area (Å²) >= 11 is 0. The molecule has 2 rings (SSSR count). The van der Waals surface area contributed by atoms with Gasteiger partial charge in [-0.1, -0.05) is 31.2 Å². The Labute approximate surface area is 103 Å². The standard InChI is InChI=1S/C14H20N2O/c1-4-15-14(2,3)13(17)16-9-11-7-5-6-8-12(11)10-16/h5-8,15H,4,9-10H2,1-3H3. The van der Waals surface area contributed by atoms with Gasteiger partial charge in [0.1, 0.15) is 0 Å². The molecule has 0 unspecified atom stereocenters. The number of benzene rings is 1. The third-order valence-corrected chi connectivity index (χ3v) is 3.28. The molecule has 0 saturated carbocycles. The maximum absolute atomic E-state index is 12.4. The molecule has 0 bridgehead atoms. The van der Waals surface area contributed by atoms with Gasteiger partial charge in [0.05, 0.1) is 5.54 Å².